The van der Waals surface area contributed by atoms with Crippen LogP contribution in [0.2, 0.25) is 5.02 Å². The molecule has 0 saturated heterocycles. The second kappa shape index (κ2) is 9.47. The average molecular weight is 453 g/mol. The number of nitrogens with zero attached hydrogens (tertiary/aromatic N) is 3. The van der Waals surface area contributed by atoms with Crippen LogP contribution in [0.4, 0.5) is 5.82 Å². The van der Waals surface area contributed by atoms with E-state index in [1.165, 1.54) is 11.1 Å². The van der Waals surface area contributed by atoms with E-state index in [0.717, 1.165) is 41.3 Å². The van der Waals surface area contributed by atoms with Crippen molar-refractivity contribution >= 4 is 23.1 Å². The Morgan fingerprint density at radius 1 is 0.879 bits per heavy atom. The number of halogens is 1. The molecule has 0 unspecified atom stereocenters. The van der Waals surface area contributed by atoms with Gasteiger partial charge in [-0.3, -0.25) is 0 Å². The number of hydrogen-bond donors (Lipinski definition) is 1. The summed E-state index contributed by atoms with van der Waals surface area (Å²) in [6.07, 6.45) is 2.79. The number of nitrogens with one attached hydrogen (secondary N) is 1. The second-order valence-electron chi connectivity index (χ2n) is 8.16. The zero-order valence-electron chi connectivity index (χ0n) is 18.4. The standard InChI is InChI=1S/C28H25ClN4/c1-20-19-31-33-27(18-26(32-28(20)33)24-14-8-9-15-25(24)29)30-17-16-23(21-10-4-2-5-11-21)22-12-6-3-7-13-22/h2-15,18-19,23,30H,16-17H2,1H3. The molecule has 0 atom stereocenters. The maximum atomic E-state index is 6.47. The van der Waals surface area contributed by atoms with Gasteiger partial charge < -0.3 is 5.32 Å². The maximum Gasteiger partial charge on any atom is 0.160 e. The third-order valence-corrected chi connectivity index (χ3v) is 6.27. The van der Waals surface area contributed by atoms with E-state index in [9.17, 15) is 0 Å². The Morgan fingerprint density at radius 3 is 2.18 bits per heavy atom. The quantitative estimate of drug-likeness (QED) is 0.289. The number of hydrogen-bond acceptors (Lipinski definition) is 3. The lowest BCUT2D eigenvalue weighted by Gasteiger charge is -2.19. The van der Waals surface area contributed by atoms with Crippen molar-refractivity contribution in [1.29, 1.82) is 0 Å². The Balaban J connectivity index is 1.45. The lowest BCUT2D eigenvalue weighted by molar-refractivity contribution is 0.739. The van der Waals surface area contributed by atoms with Crippen molar-refractivity contribution < 1.29 is 0 Å². The molecule has 0 fully saturated rings. The molecule has 0 aliphatic carbocycles. The van der Waals surface area contributed by atoms with Crippen molar-refractivity contribution in [1.82, 2.24) is 14.6 Å². The van der Waals surface area contributed by atoms with Crippen LogP contribution in [0.3, 0.4) is 0 Å². The Morgan fingerprint density at radius 2 is 1.52 bits per heavy atom. The highest BCUT2D eigenvalue weighted by Gasteiger charge is 2.16. The number of anilines is 1. The van der Waals surface area contributed by atoms with Crippen molar-refractivity contribution in [3.63, 3.8) is 0 Å². The molecular weight excluding hydrogens is 428 g/mol. The summed E-state index contributed by atoms with van der Waals surface area (Å²) < 4.78 is 1.87. The molecule has 164 valence electrons. The number of aromatic nitrogens is 3. The van der Waals surface area contributed by atoms with Crippen LogP contribution in [-0.2, 0) is 0 Å². The molecule has 5 heteroatoms. The van der Waals surface area contributed by atoms with Crippen LogP contribution < -0.4 is 5.32 Å². The Kier molecular flexibility index (Phi) is 6.09. The smallest absolute Gasteiger partial charge is 0.160 e. The van der Waals surface area contributed by atoms with Crippen molar-refractivity contribution in [2.75, 3.05) is 11.9 Å². The first-order valence-corrected chi connectivity index (χ1v) is 11.5. The van der Waals surface area contributed by atoms with Crippen molar-refractivity contribution in [2.24, 2.45) is 0 Å². The van der Waals surface area contributed by atoms with Crippen LogP contribution >= 0.6 is 11.6 Å². The van der Waals surface area contributed by atoms with E-state index in [0.29, 0.717) is 10.9 Å². The largest absolute Gasteiger partial charge is 0.370 e. The zero-order chi connectivity index (χ0) is 22.6. The summed E-state index contributed by atoms with van der Waals surface area (Å²) in [7, 11) is 0. The summed E-state index contributed by atoms with van der Waals surface area (Å²) in [4.78, 5) is 4.84. The number of fused-ring (bicyclic) bond motifs is 1. The van der Waals surface area contributed by atoms with Gasteiger partial charge in [0.05, 0.1) is 11.9 Å². The van der Waals surface area contributed by atoms with Gasteiger partial charge in [0, 0.05) is 34.7 Å². The van der Waals surface area contributed by atoms with Crippen LogP contribution in [0.5, 0.6) is 0 Å². The Labute approximate surface area is 198 Å². The third-order valence-electron chi connectivity index (χ3n) is 5.94. The van der Waals surface area contributed by atoms with Crippen LogP contribution in [0.15, 0.2) is 97.2 Å². The lowest BCUT2D eigenvalue weighted by atomic mass is 9.88. The highest BCUT2D eigenvalue weighted by molar-refractivity contribution is 6.33. The van der Waals surface area contributed by atoms with Gasteiger partial charge in [-0.05, 0) is 30.5 Å². The molecule has 5 aromatic rings. The Bertz CT molecular complexity index is 1320. The van der Waals surface area contributed by atoms with Crippen LogP contribution in [0.1, 0.15) is 29.0 Å². The normalized spacial score (nSPS) is 11.2. The van der Waals surface area contributed by atoms with Gasteiger partial charge in [0.1, 0.15) is 5.82 Å². The molecule has 33 heavy (non-hydrogen) atoms. The molecule has 0 aliphatic heterocycles. The molecule has 0 radical (unpaired) electrons. The summed E-state index contributed by atoms with van der Waals surface area (Å²) in [5.41, 5.74) is 6.24. The molecule has 0 bridgehead atoms. The molecule has 2 heterocycles. The first kappa shape index (κ1) is 21.2. The topological polar surface area (TPSA) is 42.2 Å². The van der Waals surface area contributed by atoms with E-state index in [1.54, 1.807) is 0 Å². The third kappa shape index (κ3) is 4.48. The highest BCUT2D eigenvalue weighted by atomic mass is 35.5. The fourth-order valence-electron chi connectivity index (χ4n) is 4.25. The van der Waals surface area contributed by atoms with E-state index in [1.807, 2.05) is 48.0 Å². The van der Waals surface area contributed by atoms with Gasteiger partial charge in [-0.2, -0.15) is 9.61 Å². The fraction of sp³-hybridized carbons (Fsp3) is 0.143. The van der Waals surface area contributed by atoms with Gasteiger partial charge in [0.25, 0.3) is 0 Å². The minimum absolute atomic E-state index is 0.305. The molecular formula is C28H25ClN4. The number of benzene rings is 3. The van der Waals surface area contributed by atoms with E-state index >= 15 is 0 Å². The maximum absolute atomic E-state index is 6.47. The van der Waals surface area contributed by atoms with Crippen LogP contribution in [0, 0.1) is 6.92 Å². The number of aryl methyl sites for hydroxylation is 1. The van der Waals surface area contributed by atoms with Crippen molar-refractivity contribution in [2.45, 2.75) is 19.3 Å². The fourth-order valence-corrected chi connectivity index (χ4v) is 4.48. The number of rotatable bonds is 7. The molecule has 3 aromatic carbocycles. The monoisotopic (exact) mass is 452 g/mol. The summed E-state index contributed by atoms with van der Waals surface area (Å²) in [6, 6.07) is 31.2. The highest BCUT2D eigenvalue weighted by Crippen LogP contribution is 2.30. The van der Waals surface area contributed by atoms with E-state index in [-0.39, 0.29) is 0 Å². The molecule has 0 aliphatic rings. The van der Waals surface area contributed by atoms with E-state index in [4.69, 9.17) is 16.6 Å². The summed E-state index contributed by atoms with van der Waals surface area (Å²) in [5, 5.41) is 8.85. The van der Waals surface area contributed by atoms with Gasteiger partial charge in [-0.15, -0.1) is 0 Å². The minimum Gasteiger partial charge on any atom is -0.370 e. The molecule has 1 N–H and O–H groups in total. The van der Waals surface area contributed by atoms with Crippen LogP contribution in [-0.4, -0.2) is 21.1 Å². The minimum atomic E-state index is 0.305. The first-order valence-electron chi connectivity index (χ1n) is 11.1. The average Bonchev–Trinajstić information content (AvgIpc) is 3.24. The summed E-state index contributed by atoms with van der Waals surface area (Å²) in [5.74, 6) is 1.21. The summed E-state index contributed by atoms with van der Waals surface area (Å²) in [6.45, 7) is 2.81. The van der Waals surface area contributed by atoms with Crippen molar-refractivity contribution in [3.8, 4) is 11.3 Å². The van der Waals surface area contributed by atoms with E-state index in [2.05, 4.69) is 71.1 Å². The lowest BCUT2D eigenvalue weighted by Crippen LogP contribution is -2.12. The molecule has 4 nitrogen and oxygen atoms in total. The molecule has 0 amide bonds. The van der Waals surface area contributed by atoms with Crippen molar-refractivity contribution in [3.05, 3.63) is 119 Å². The first-order chi connectivity index (χ1) is 16.2. The van der Waals surface area contributed by atoms with Gasteiger partial charge in [-0.25, -0.2) is 4.98 Å². The Hall–Kier alpha value is -3.63. The molecule has 5 rings (SSSR count). The summed E-state index contributed by atoms with van der Waals surface area (Å²) >= 11 is 6.47. The second-order valence-corrected chi connectivity index (χ2v) is 8.57. The van der Waals surface area contributed by atoms with Gasteiger partial charge in [-0.1, -0.05) is 90.5 Å². The zero-order valence-corrected chi connectivity index (χ0v) is 19.2. The molecule has 0 spiro atoms. The van der Waals surface area contributed by atoms with Gasteiger partial charge in [0.15, 0.2) is 5.65 Å². The predicted octanol–water partition coefficient (Wildman–Crippen LogP) is 6.99. The molecule has 2 aromatic heterocycles. The van der Waals surface area contributed by atoms with Gasteiger partial charge in [0.2, 0.25) is 0 Å². The van der Waals surface area contributed by atoms with Gasteiger partial charge >= 0.3 is 0 Å². The predicted molar refractivity (Wildman–Crippen MR) is 136 cm³/mol. The SMILES string of the molecule is Cc1cnn2c(NCCC(c3ccccc3)c3ccccc3)cc(-c3ccccc3Cl)nc12. The van der Waals surface area contributed by atoms with Crippen LogP contribution in [0.25, 0.3) is 16.9 Å². The molecule has 0 saturated carbocycles. The van der Waals surface area contributed by atoms with E-state index < -0.39 is 0 Å².